The summed E-state index contributed by atoms with van der Waals surface area (Å²) >= 11 is 7.33. The van der Waals surface area contributed by atoms with Gasteiger partial charge >= 0.3 is 0 Å². The lowest BCUT2D eigenvalue weighted by molar-refractivity contribution is 0.0998. The van der Waals surface area contributed by atoms with Gasteiger partial charge in [0.05, 0.1) is 10.2 Å². The Labute approximate surface area is 153 Å². The van der Waals surface area contributed by atoms with Crippen LogP contribution in [-0.4, -0.2) is 23.7 Å². The Balaban J connectivity index is 1.83. The Morgan fingerprint density at radius 2 is 1.88 bits per heavy atom. The van der Waals surface area contributed by atoms with Crippen LogP contribution in [0.25, 0.3) is 10.2 Å². The molecule has 2 aromatic carbocycles. The fourth-order valence-electron chi connectivity index (χ4n) is 2.74. The number of aromatic nitrogens is 1. The number of aryl methyl sites for hydroxylation is 1. The molecule has 5 nitrogen and oxygen atoms in total. The number of ether oxygens (including phenoxy) is 2. The summed E-state index contributed by atoms with van der Waals surface area (Å²) < 4.78 is 14.3. The molecule has 1 aliphatic rings. The normalized spacial score (nSPS) is 14.1. The number of thiazole rings is 1. The maximum absolute atomic E-state index is 12.5. The molecule has 128 valence electrons. The number of carbonyl (C=O) groups excluding carboxylic acids is 1. The predicted molar refractivity (Wildman–Crippen MR) is 97.8 cm³/mol. The standard InChI is InChI=1S/C18H15ClN2O3S/c1-2-21-13-9-14-15(24-8-7-23-14)10-16(13)25-18(21)20-17(22)11-3-5-12(19)6-4-11/h3-6,9-10H,2,7-8H2,1H3. The van der Waals surface area contributed by atoms with Gasteiger partial charge in [0.15, 0.2) is 16.3 Å². The molecule has 1 amide bonds. The van der Waals surface area contributed by atoms with Crippen LogP contribution >= 0.6 is 22.9 Å². The van der Waals surface area contributed by atoms with Crippen molar-refractivity contribution in [1.29, 1.82) is 0 Å². The first kappa shape index (κ1) is 16.2. The number of rotatable bonds is 2. The second kappa shape index (κ2) is 6.54. The molecule has 0 bridgehead atoms. The van der Waals surface area contributed by atoms with Crippen LogP contribution in [0.3, 0.4) is 0 Å². The minimum absolute atomic E-state index is 0.289. The van der Waals surface area contributed by atoms with E-state index in [1.807, 2.05) is 23.6 Å². The maximum atomic E-state index is 12.5. The maximum Gasteiger partial charge on any atom is 0.279 e. The second-order valence-corrected chi connectivity index (χ2v) is 6.96. The number of hydrogen-bond acceptors (Lipinski definition) is 4. The molecular weight excluding hydrogens is 360 g/mol. The molecule has 25 heavy (non-hydrogen) atoms. The third-order valence-corrected chi connectivity index (χ3v) is 5.24. The van der Waals surface area contributed by atoms with Gasteiger partial charge in [0.2, 0.25) is 0 Å². The van der Waals surface area contributed by atoms with Gasteiger partial charge in [-0.2, -0.15) is 4.99 Å². The van der Waals surface area contributed by atoms with Crippen LogP contribution in [0.1, 0.15) is 17.3 Å². The van der Waals surface area contributed by atoms with Gasteiger partial charge in [-0.25, -0.2) is 0 Å². The Hall–Kier alpha value is -2.31. The number of hydrogen-bond donors (Lipinski definition) is 0. The first-order valence-electron chi connectivity index (χ1n) is 7.93. The molecule has 0 saturated heterocycles. The van der Waals surface area contributed by atoms with Crippen LogP contribution in [0.2, 0.25) is 5.02 Å². The van der Waals surface area contributed by atoms with E-state index < -0.39 is 0 Å². The van der Waals surface area contributed by atoms with E-state index in [4.69, 9.17) is 21.1 Å². The highest BCUT2D eigenvalue weighted by atomic mass is 35.5. The molecule has 0 N–H and O–H groups in total. The third-order valence-electron chi connectivity index (χ3n) is 3.95. The first-order chi connectivity index (χ1) is 12.2. The van der Waals surface area contributed by atoms with Gasteiger partial charge in [0.1, 0.15) is 13.2 Å². The summed E-state index contributed by atoms with van der Waals surface area (Å²) in [5.41, 5.74) is 1.50. The first-order valence-corrected chi connectivity index (χ1v) is 9.13. The van der Waals surface area contributed by atoms with Crippen molar-refractivity contribution in [3.05, 3.63) is 51.8 Å². The SMILES string of the molecule is CCn1c(=NC(=O)c2ccc(Cl)cc2)sc2cc3c(cc21)OCCO3. The smallest absolute Gasteiger partial charge is 0.279 e. The number of amides is 1. The van der Waals surface area contributed by atoms with Gasteiger partial charge in [0, 0.05) is 29.3 Å². The van der Waals surface area contributed by atoms with Crippen molar-refractivity contribution in [3.63, 3.8) is 0 Å². The molecular formula is C18H15ClN2O3S. The molecule has 0 unspecified atom stereocenters. The number of carbonyl (C=O) groups is 1. The van der Waals surface area contributed by atoms with Crippen molar-refractivity contribution in [2.75, 3.05) is 13.2 Å². The van der Waals surface area contributed by atoms with E-state index in [1.165, 1.54) is 11.3 Å². The average Bonchev–Trinajstić information content (AvgIpc) is 2.96. The molecule has 0 fully saturated rings. The summed E-state index contributed by atoms with van der Waals surface area (Å²) in [4.78, 5) is 17.4. The van der Waals surface area contributed by atoms with E-state index >= 15 is 0 Å². The summed E-state index contributed by atoms with van der Waals surface area (Å²) in [6.45, 7) is 3.81. The molecule has 0 saturated carbocycles. The van der Waals surface area contributed by atoms with Crippen LogP contribution in [0.15, 0.2) is 41.4 Å². The van der Waals surface area contributed by atoms with Crippen molar-refractivity contribution < 1.29 is 14.3 Å². The Morgan fingerprint density at radius 3 is 2.56 bits per heavy atom. The van der Waals surface area contributed by atoms with Gasteiger partial charge in [0.25, 0.3) is 5.91 Å². The van der Waals surface area contributed by atoms with Crippen LogP contribution in [0, 0.1) is 0 Å². The molecule has 0 spiro atoms. The van der Waals surface area contributed by atoms with E-state index in [0.29, 0.717) is 35.1 Å². The van der Waals surface area contributed by atoms with Gasteiger partial charge in [-0.1, -0.05) is 22.9 Å². The van der Waals surface area contributed by atoms with Crippen LogP contribution in [-0.2, 0) is 6.54 Å². The fraction of sp³-hybridized carbons (Fsp3) is 0.222. The Morgan fingerprint density at radius 1 is 1.20 bits per heavy atom. The zero-order valence-electron chi connectivity index (χ0n) is 13.5. The third kappa shape index (κ3) is 3.03. The average molecular weight is 375 g/mol. The minimum atomic E-state index is -0.289. The molecule has 7 heteroatoms. The quantitative estimate of drug-likeness (QED) is 0.683. The van der Waals surface area contributed by atoms with Gasteiger partial charge < -0.3 is 14.0 Å². The summed E-state index contributed by atoms with van der Waals surface area (Å²) in [7, 11) is 0. The van der Waals surface area contributed by atoms with Crippen LogP contribution in [0.5, 0.6) is 11.5 Å². The van der Waals surface area contributed by atoms with Gasteiger partial charge in [-0.15, -0.1) is 0 Å². The lowest BCUT2D eigenvalue weighted by atomic mass is 10.2. The Kier molecular flexibility index (Phi) is 4.23. The molecule has 1 aromatic heterocycles. The molecule has 3 aromatic rings. The zero-order chi connectivity index (χ0) is 17.4. The van der Waals surface area contributed by atoms with Crippen molar-refractivity contribution in [2.45, 2.75) is 13.5 Å². The summed E-state index contributed by atoms with van der Waals surface area (Å²) in [5, 5.41) is 0.590. The Bertz CT molecular complexity index is 1020. The molecule has 2 heterocycles. The predicted octanol–water partition coefficient (Wildman–Crippen LogP) is 3.89. The largest absolute Gasteiger partial charge is 0.486 e. The molecule has 1 aliphatic heterocycles. The highest BCUT2D eigenvalue weighted by Gasteiger charge is 2.16. The van der Waals surface area contributed by atoms with Crippen LogP contribution in [0.4, 0.5) is 0 Å². The van der Waals surface area contributed by atoms with Crippen molar-refractivity contribution >= 4 is 39.1 Å². The second-order valence-electron chi connectivity index (χ2n) is 5.52. The number of benzene rings is 2. The highest BCUT2D eigenvalue weighted by molar-refractivity contribution is 7.16. The summed E-state index contributed by atoms with van der Waals surface area (Å²) in [5.74, 6) is 1.18. The lowest BCUT2D eigenvalue weighted by Gasteiger charge is -2.18. The van der Waals surface area contributed by atoms with E-state index in [1.54, 1.807) is 24.3 Å². The molecule has 0 radical (unpaired) electrons. The van der Waals surface area contributed by atoms with Crippen molar-refractivity contribution in [3.8, 4) is 11.5 Å². The van der Waals surface area contributed by atoms with E-state index in [0.717, 1.165) is 21.7 Å². The van der Waals surface area contributed by atoms with Crippen molar-refractivity contribution in [2.24, 2.45) is 4.99 Å². The summed E-state index contributed by atoms with van der Waals surface area (Å²) in [6.07, 6.45) is 0. The van der Waals surface area contributed by atoms with E-state index in [9.17, 15) is 4.79 Å². The van der Waals surface area contributed by atoms with Gasteiger partial charge in [-0.05, 0) is 31.2 Å². The monoisotopic (exact) mass is 374 g/mol. The zero-order valence-corrected chi connectivity index (χ0v) is 15.1. The molecule has 0 aliphatic carbocycles. The number of nitrogens with zero attached hydrogens (tertiary/aromatic N) is 2. The fourth-order valence-corrected chi connectivity index (χ4v) is 3.97. The van der Waals surface area contributed by atoms with E-state index in [2.05, 4.69) is 4.99 Å². The van der Waals surface area contributed by atoms with E-state index in [-0.39, 0.29) is 5.91 Å². The lowest BCUT2D eigenvalue weighted by Crippen LogP contribution is -2.17. The number of halogens is 1. The van der Waals surface area contributed by atoms with Crippen molar-refractivity contribution in [1.82, 2.24) is 4.57 Å². The molecule has 0 atom stereocenters. The van der Waals surface area contributed by atoms with Crippen LogP contribution < -0.4 is 14.3 Å². The number of fused-ring (bicyclic) bond motifs is 2. The minimum Gasteiger partial charge on any atom is -0.486 e. The molecule has 4 rings (SSSR count). The topological polar surface area (TPSA) is 52.8 Å². The van der Waals surface area contributed by atoms with Gasteiger partial charge in [-0.3, -0.25) is 4.79 Å². The summed E-state index contributed by atoms with van der Waals surface area (Å²) in [6, 6.07) is 10.6. The highest BCUT2D eigenvalue weighted by Crippen LogP contribution is 2.35.